The molecule has 4 nitrogen and oxygen atoms in total. The second-order valence-corrected chi connectivity index (χ2v) is 8.26. The number of hydrogen-bond donors (Lipinski definition) is 0. The van der Waals surface area contributed by atoms with Gasteiger partial charge in [-0.25, -0.2) is 17.6 Å². The van der Waals surface area contributed by atoms with Crippen LogP contribution in [0.15, 0.2) is 42.6 Å². The molecule has 2 atom stereocenters. The summed E-state index contributed by atoms with van der Waals surface area (Å²) < 4.78 is 56.4. The second-order valence-electron chi connectivity index (χ2n) is 8.26. The highest BCUT2D eigenvalue weighted by Gasteiger charge is 2.57. The number of alkyl halides is 2. The maximum atomic E-state index is 14.6. The van der Waals surface area contributed by atoms with Crippen molar-refractivity contribution in [3.8, 4) is 0 Å². The van der Waals surface area contributed by atoms with Crippen molar-refractivity contribution in [2.24, 2.45) is 11.3 Å². The Labute approximate surface area is 170 Å². The van der Waals surface area contributed by atoms with Crippen LogP contribution in [0.5, 0.6) is 0 Å². The first-order valence-corrected chi connectivity index (χ1v) is 9.78. The predicted molar refractivity (Wildman–Crippen MR) is 101 cm³/mol. The Balaban J connectivity index is 1.57. The molecule has 2 fully saturated rings. The summed E-state index contributed by atoms with van der Waals surface area (Å²) in [6, 6.07) is 7.55. The Kier molecular flexibility index (Phi) is 5.11. The minimum Gasteiger partial charge on any atom is -0.312 e. The standard InChI is InChI=1S/C22H20F4N2O2/c23-15-8-16(24)10-17(9-15)28-6-4-21(20(28)30)11-14(12-22(25,26)13-21)7-19(29)18-3-1-2-5-27-18/h1-3,5,8-10,14H,4,6-7,11-13H2/t14-,21+/m1/s1. The van der Waals surface area contributed by atoms with Crippen LogP contribution in [0.2, 0.25) is 0 Å². The number of aromatic nitrogens is 1. The van der Waals surface area contributed by atoms with Gasteiger partial charge in [-0.15, -0.1) is 0 Å². The van der Waals surface area contributed by atoms with Crippen molar-refractivity contribution in [3.05, 3.63) is 59.9 Å². The van der Waals surface area contributed by atoms with Gasteiger partial charge in [0.1, 0.15) is 17.3 Å². The Morgan fingerprint density at radius 3 is 2.53 bits per heavy atom. The van der Waals surface area contributed by atoms with Gasteiger partial charge in [0.05, 0.1) is 5.41 Å². The molecule has 0 bridgehead atoms. The van der Waals surface area contributed by atoms with Crippen LogP contribution in [0.3, 0.4) is 0 Å². The van der Waals surface area contributed by atoms with E-state index in [0.717, 1.165) is 12.1 Å². The van der Waals surface area contributed by atoms with E-state index in [1.807, 2.05) is 0 Å². The molecule has 2 heterocycles. The Morgan fingerprint density at radius 2 is 1.87 bits per heavy atom. The van der Waals surface area contributed by atoms with Gasteiger partial charge in [-0.2, -0.15) is 0 Å². The van der Waals surface area contributed by atoms with Gasteiger partial charge in [0.25, 0.3) is 0 Å². The van der Waals surface area contributed by atoms with E-state index in [1.54, 1.807) is 12.1 Å². The Bertz CT molecular complexity index is 962. The fourth-order valence-electron chi connectivity index (χ4n) is 4.84. The third-order valence-corrected chi connectivity index (χ3v) is 5.96. The molecule has 1 aliphatic carbocycles. The van der Waals surface area contributed by atoms with Crippen LogP contribution in [-0.2, 0) is 4.79 Å². The quantitative estimate of drug-likeness (QED) is 0.528. The van der Waals surface area contributed by atoms with Crippen LogP contribution in [0.1, 0.15) is 42.6 Å². The van der Waals surface area contributed by atoms with E-state index in [4.69, 9.17) is 0 Å². The van der Waals surface area contributed by atoms with Gasteiger partial charge in [0.15, 0.2) is 5.78 Å². The molecule has 4 rings (SSSR count). The van der Waals surface area contributed by atoms with Gasteiger partial charge in [0.2, 0.25) is 11.8 Å². The van der Waals surface area contributed by atoms with Crippen LogP contribution in [0.4, 0.5) is 23.2 Å². The van der Waals surface area contributed by atoms with Gasteiger partial charge in [-0.1, -0.05) is 6.07 Å². The normalized spacial score (nSPS) is 25.7. The van der Waals surface area contributed by atoms with Crippen molar-refractivity contribution in [2.75, 3.05) is 11.4 Å². The van der Waals surface area contributed by atoms with E-state index >= 15 is 0 Å². The number of ketones is 1. The predicted octanol–water partition coefficient (Wildman–Crippen LogP) is 4.79. The molecule has 8 heteroatoms. The fourth-order valence-corrected chi connectivity index (χ4v) is 4.84. The molecule has 0 unspecified atom stereocenters. The number of benzene rings is 1. The molecule has 1 saturated heterocycles. The summed E-state index contributed by atoms with van der Waals surface area (Å²) in [5.41, 5.74) is -1.13. The van der Waals surface area contributed by atoms with Gasteiger partial charge >= 0.3 is 0 Å². The number of amides is 1. The Morgan fingerprint density at radius 1 is 1.13 bits per heavy atom. The van der Waals surface area contributed by atoms with Gasteiger partial charge in [0, 0.05) is 43.8 Å². The number of rotatable bonds is 4. The molecule has 1 aliphatic heterocycles. The maximum absolute atomic E-state index is 14.6. The van der Waals surface area contributed by atoms with Crippen LogP contribution < -0.4 is 4.90 Å². The molecular formula is C22H20F4N2O2. The molecule has 1 aromatic heterocycles. The first kappa shape index (κ1) is 20.5. The highest BCUT2D eigenvalue weighted by Crippen LogP contribution is 2.53. The summed E-state index contributed by atoms with van der Waals surface area (Å²) in [6.45, 7) is 0.0959. The molecule has 30 heavy (non-hydrogen) atoms. The third kappa shape index (κ3) is 3.95. The van der Waals surface area contributed by atoms with Crippen molar-refractivity contribution in [1.82, 2.24) is 4.98 Å². The monoisotopic (exact) mass is 420 g/mol. The molecule has 1 spiro atoms. The summed E-state index contributed by atoms with van der Waals surface area (Å²) in [7, 11) is 0. The van der Waals surface area contributed by atoms with Gasteiger partial charge in [-0.3, -0.25) is 14.6 Å². The largest absolute Gasteiger partial charge is 0.312 e. The minimum atomic E-state index is -3.10. The summed E-state index contributed by atoms with van der Waals surface area (Å²) in [6.07, 6.45) is 0.510. The van der Waals surface area contributed by atoms with E-state index in [0.29, 0.717) is 6.07 Å². The average Bonchev–Trinajstić information content (AvgIpc) is 2.95. The van der Waals surface area contributed by atoms with Crippen molar-refractivity contribution >= 4 is 17.4 Å². The smallest absolute Gasteiger partial charge is 0.249 e. The van der Waals surface area contributed by atoms with Crippen molar-refractivity contribution in [3.63, 3.8) is 0 Å². The molecule has 0 N–H and O–H groups in total. The zero-order valence-corrected chi connectivity index (χ0v) is 16.1. The molecule has 158 valence electrons. The van der Waals surface area contributed by atoms with E-state index < -0.39 is 47.6 Å². The zero-order chi connectivity index (χ0) is 21.5. The lowest BCUT2D eigenvalue weighted by Gasteiger charge is -2.40. The number of carbonyl (C=O) groups excluding carboxylic acids is 2. The van der Waals surface area contributed by atoms with Crippen LogP contribution in [0.25, 0.3) is 0 Å². The molecule has 0 radical (unpaired) electrons. The number of carbonyl (C=O) groups is 2. The number of hydrogen-bond acceptors (Lipinski definition) is 3. The number of pyridine rings is 1. The first-order valence-electron chi connectivity index (χ1n) is 9.78. The van der Waals surface area contributed by atoms with Crippen LogP contribution in [0, 0.1) is 23.0 Å². The lowest BCUT2D eigenvalue weighted by atomic mass is 9.66. The molecule has 2 aromatic rings. The first-order chi connectivity index (χ1) is 14.2. The lowest BCUT2D eigenvalue weighted by molar-refractivity contribution is -0.143. The molecular weight excluding hydrogens is 400 g/mol. The Hall–Kier alpha value is -2.77. The van der Waals surface area contributed by atoms with E-state index in [9.17, 15) is 27.2 Å². The number of halogens is 4. The molecule has 1 aromatic carbocycles. The van der Waals surface area contributed by atoms with E-state index in [-0.39, 0.29) is 43.0 Å². The van der Waals surface area contributed by atoms with Crippen LogP contribution in [-0.4, -0.2) is 29.1 Å². The summed E-state index contributed by atoms with van der Waals surface area (Å²) >= 11 is 0. The average molecular weight is 420 g/mol. The number of Topliss-reactive ketones (excluding diaryl/α,β-unsaturated/α-hetero) is 1. The maximum Gasteiger partial charge on any atom is 0.249 e. The highest BCUT2D eigenvalue weighted by molar-refractivity contribution is 6.00. The van der Waals surface area contributed by atoms with Gasteiger partial charge < -0.3 is 4.90 Å². The molecule has 1 saturated carbocycles. The number of nitrogens with zero attached hydrogens (tertiary/aromatic N) is 2. The third-order valence-electron chi connectivity index (χ3n) is 5.96. The SMILES string of the molecule is O=C(C[C@H]1CC(F)(F)C[C@]2(CCN(c3cc(F)cc(F)c3)C2=O)C1)c1ccccn1. The zero-order valence-electron chi connectivity index (χ0n) is 16.1. The summed E-state index contributed by atoms with van der Waals surface area (Å²) in [5, 5.41) is 0. The van der Waals surface area contributed by atoms with Crippen molar-refractivity contribution in [2.45, 2.75) is 38.0 Å². The van der Waals surface area contributed by atoms with E-state index in [2.05, 4.69) is 4.98 Å². The van der Waals surface area contributed by atoms with Crippen LogP contribution >= 0.6 is 0 Å². The highest BCUT2D eigenvalue weighted by atomic mass is 19.3. The van der Waals surface area contributed by atoms with Crippen molar-refractivity contribution in [1.29, 1.82) is 0 Å². The molecule has 1 amide bonds. The van der Waals surface area contributed by atoms with Gasteiger partial charge in [-0.05, 0) is 43.0 Å². The summed E-state index contributed by atoms with van der Waals surface area (Å²) in [4.78, 5) is 30.8. The lowest BCUT2D eigenvalue weighted by Crippen LogP contribution is -2.45. The van der Waals surface area contributed by atoms with Crippen molar-refractivity contribution < 1.29 is 27.2 Å². The van der Waals surface area contributed by atoms with E-state index in [1.165, 1.54) is 17.2 Å². The fraction of sp³-hybridized carbons (Fsp3) is 0.409. The second kappa shape index (κ2) is 7.49. The summed E-state index contributed by atoms with van der Waals surface area (Å²) in [5.74, 6) is -6.38. The topological polar surface area (TPSA) is 50.3 Å². The minimum absolute atomic E-state index is 0.0179. The number of anilines is 1. The molecule has 2 aliphatic rings.